The number of hydrogen-bond donors (Lipinski definition) is 1. The van der Waals surface area contributed by atoms with Crippen LogP contribution in [0.2, 0.25) is 0 Å². The van der Waals surface area contributed by atoms with Crippen LogP contribution < -0.4 is 5.32 Å². The predicted molar refractivity (Wildman–Crippen MR) is 90.7 cm³/mol. The van der Waals surface area contributed by atoms with E-state index in [1.54, 1.807) is 37.7 Å². The summed E-state index contributed by atoms with van der Waals surface area (Å²) in [6.45, 7) is 2.34. The van der Waals surface area contributed by atoms with E-state index >= 15 is 0 Å². The molecule has 5 aliphatic carbocycles. The molecule has 5 aliphatic rings. The van der Waals surface area contributed by atoms with E-state index in [-0.39, 0.29) is 0 Å². The molecule has 1 aromatic rings. The Bertz CT molecular complexity index is 517. The van der Waals surface area contributed by atoms with Gasteiger partial charge in [-0.15, -0.1) is 0 Å². The van der Waals surface area contributed by atoms with Crippen molar-refractivity contribution >= 4 is 0 Å². The maximum atomic E-state index is 3.82. The van der Waals surface area contributed by atoms with Gasteiger partial charge in [0.05, 0.1) is 0 Å². The fourth-order valence-corrected chi connectivity index (χ4v) is 6.13. The number of hydrogen-bond acceptors (Lipinski definition) is 1. The second-order valence-corrected chi connectivity index (χ2v) is 8.74. The fraction of sp³-hybridized carbons (Fsp3) is 0.714. The van der Waals surface area contributed by atoms with Crippen LogP contribution in [0.5, 0.6) is 0 Å². The third-order valence-corrected chi connectivity index (χ3v) is 7.13. The molecule has 0 unspecified atom stereocenters. The molecule has 1 N–H and O–H groups in total. The maximum Gasteiger partial charge on any atom is 0.0205 e. The zero-order valence-corrected chi connectivity index (χ0v) is 13.6. The third-order valence-electron chi connectivity index (χ3n) is 7.13. The number of benzene rings is 1. The normalized spacial score (nSPS) is 39.4. The molecule has 0 atom stereocenters. The zero-order valence-electron chi connectivity index (χ0n) is 13.6. The first-order valence-corrected chi connectivity index (χ1v) is 9.64. The van der Waals surface area contributed by atoms with Crippen molar-refractivity contribution in [2.75, 3.05) is 6.54 Å². The van der Waals surface area contributed by atoms with Gasteiger partial charge in [-0.1, -0.05) is 24.3 Å². The van der Waals surface area contributed by atoms with E-state index in [9.17, 15) is 0 Å². The van der Waals surface area contributed by atoms with E-state index in [1.165, 1.54) is 24.9 Å². The minimum Gasteiger partial charge on any atom is -0.312 e. The van der Waals surface area contributed by atoms with Crippen molar-refractivity contribution in [1.29, 1.82) is 0 Å². The average Bonchev–Trinajstić information content (AvgIpc) is 3.34. The first kappa shape index (κ1) is 13.6. The van der Waals surface area contributed by atoms with E-state index in [4.69, 9.17) is 0 Å². The highest BCUT2D eigenvalue weighted by molar-refractivity contribution is 5.29. The Morgan fingerprint density at radius 1 is 0.909 bits per heavy atom. The largest absolute Gasteiger partial charge is 0.312 e. The van der Waals surface area contributed by atoms with E-state index in [2.05, 4.69) is 29.6 Å². The quantitative estimate of drug-likeness (QED) is 0.828. The van der Waals surface area contributed by atoms with Crippen molar-refractivity contribution < 1.29 is 0 Å². The average molecular weight is 295 g/mol. The lowest BCUT2D eigenvalue weighted by Gasteiger charge is -2.54. The molecule has 0 saturated heterocycles. The van der Waals surface area contributed by atoms with Crippen molar-refractivity contribution in [3.05, 3.63) is 35.4 Å². The lowest BCUT2D eigenvalue weighted by molar-refractivity contribution is -0.0355. The first-order chi connectivity index (χ1) is 10.8. The summed E-state index contributed by atoms with van der Waals surface area (Å²) in [7, 11) is 0. The van der Waals surface area contributed by atoms with Crippen LogP contribution in [0.25, 0.3) is 0 Å². The van der Waals surface area contributed by atoms with Crippen molar-refractivity contribution in [3.63, 3.8) is 0 Å². The van der Waals surface area contributed by atoms with Gasteiger partial charge in [-0.2, -0.15) is 0 Å². The van der Waals surface area contributed by atoms with Gasteiger partial charge in [-0.3, -0.25) is 0 Å². The maximum absolute atomic E-state index is 3.82. The van der Waals surface area contributed by atoms with Gasteiger partial charge in [0.15, 0.2) is 0 Å². The highest BCUT2D eigenvalue weighted by Gasteiger charge is 2.47. The second kappa shape index (κ2) is 5.37. The smallest absolute Gasteiger partial charge is 0.0205 e. The van der Waals surface area contributed by atoms with Gasteiger partial charge in [-0.05, 0) is 98.1 Å². The molecule has 22 heavy (non-hydrogen) atoms. The Hall–Kier alpha value is -0.820. The van der Waals surface area contributed by atoms with Crippen molar-refractivity contribution in [2.45, 2.75) is 57.4 Å². The molecule has 6 rings (SSSR count). The van der Waals surface area contributed by atoms with Crippen LogP contribution in [0, 0.1) is 29.6 Å². The van der Waals surface area contributed by atoms with E-state index in [1.807, 2.05) is 0 Å². The molecule has 118 valence electrons. The van der Waals surface area contributed by atoms with Gasteiger partial charge in [0, 0.05) is 6.54 Å². The van der Waals surface area contributed by atoms with Gasteiger partial charge in [0.25, 0.3) is 0 Å². The molecule has 1 nitrogen and oxygen atoms in total. The van der Waals surface area contributed by atoms with Gasteiger partial charge in [-0.25, -0.2) is 0 Å². The first-order valence-electron chi connectivity index (χ1n) is 9.64. The molecular formula is C21H29N. The highest BCUT2D eigenvalue weighted by atomic mass is 14.9. The SMILES string of the molecule is c1cc(CNCC2C3CC4CC(C3)CC2C4)cc(C2CC2)c1. The summed E-state index contributed by atoms with van der Waals surface area (Å²) < 4.78 is 0. The topological polar surface area (TPSA) is 12.0 Å². The number of nitrogens with one attached hydrogen (secondary N) is 1. The Kier molecular flexibility index (Phi) is 3.32. The van der Waals surface area contributed by atoms with Gasteiger partial charge >= 0.3 is 0 Å². The summed E-state index contributed by atoms with van der Waals surface area (Å²) in [4.78, 5) is 0. The van der Waals surface area contributed by atoms with Crippen LogP contribution in [-0.2, 0) is 6.54 Å². The highest BCUT2D eigenvalue weighted by Crippen LogP contribution is 2.56. The fourth-order valence-electron chi connectivity index (χ4n) is 6.13. The number of rotatable bonds is 5. The Morgan fingerprint density at radius 2 is 1.64 bits per heavy atom. The second-order valence-electron chi connectivity index (χ2n) is 8.74. The monoisotopic (exact) mass is 295 g/mol. The molecular weight excluding hydrogens is 266 g/mol. The molecule has 5 saturated carbocycles. The summed E-state index contributed by atoms with van der Waals surface area (Å²) in [5.74, 6) is 6.19. The summed E-state index contributed by atoms with van der Waals surface area (Å²) in [5.41, 5.74) is 3.07. The predicted octanol–water partition coefficient (Wildman–Crippen LogP) is 4.73. The Labute approximate surface area is 134 Å². The summed E-state index contributed by atoms with van der Waals surface area (Å²) in [6.07, 6.45) is 10.6. The molecule has 0 amide bonds. The minimum absolute atomic E-state index is 0.879. The molecule has 0 aromatic heterocycles. The van der Waals surface area contributed by atoms with Crippen molar-refractivity contribution in [1.82, 2.24) is 5.32 Å². The standard InChI is InChI=1S/C21H29N/c1-2-14(7-18(3-1)17-4-5-17)12-22-13-21-19-8-15-6-16(10-19)11-20(21)9-15/h1-3,7,15-17,19-22H,4-6,8-13H2. The Balaban J connectivity index is 1.18. The van der Waals surface area contributed by atoms with E-state index < -0.39 is 0 Å². The molecule has 4 bridgehead atoms. The van der Waals surface area contributed by atoms with Gasteiger partial charge in [0.2, 0.25) is 0 Å². The molecule has 5 fully saturated rings. The minimum atomic E-state index is 0.879. The third kappa shape index (κ3) is 2.52. The Morgan fingerprint density at radius 3 is 2.32 bits per heavy atom. The van der Waals surface area contributed by atoms with Gasteiger partial charge in [0.1, 0.15) is 0 Å². The molecule has 0 radical (unpaired) electrons. The summed E-state index contributed by atoms with van der Waals surface area (Å²) in [5, 5.41) is 3.82. The van der Waals surface area contributed by atoms with Crippen LogP contribution in [0.15, 0.2) is 24.3 Å². The van der Waals surface area contributed by atoms with Crippen molar-refractivity contribution in [3.8, 4) is 0 Å². The van der Waals surface area contributed by atoms with Crippen LogP contribution in [0.1, 0.15) is 62.0 Å². The summed E-state index contributed by atoms with van der Waals surface area (Å²) in [6, 6.07) is 9.32. The molecule has 0 heterocycles. The molecule has 1 heteroatoms. The van der Waals surface area contributed by atoms with Crippen LogP contribution in [-0.4, -0.2) is 6.54 Å². The molecule has 1 aromatic carbocycles. The van der Waals surface area contributed by atoms with Crippen molar-refractivity contribution in [2.24, 2.45) is 29.6 Å². The zero-order chi connectivity index (χ0) is 14.5. The van der Waals surface area contributed by atoms with Gasteiger partial charge < -0.3 is 5.32 Å². The lowest BCUT2D eigenvalue weighted by atomic mass is 9.52. The van der Waals surface area contributed by atoms with E-state index in [0.717, 1.165) is 42.1 Å². The lowest BCUT2D eigenvalue weighted by Crippen LogP contribution is -2.48. The molecule has 0 aliphatic heterocycles. The summed E-state index contributed by atoms with van der Waals surface area (Å²) >= 11 is 0. The van der Waals surface area contributed by atoms with Crippen LogP contribution in [0.3, 0.4) is 0 Å². The molecule has 0 spiro atoms. The van der Waals surface area contributed by atoms with E-state index in [0.29, 0.717) is 0 Å². The van der Waals surface area contributed by atoms with Crippen LogP contribution >= 0.6 is 0 Å². The van der Waals surface area contributed by atoms with Crippen LogP contribution in [0.4, 0.5) is 0 Å².